The van der Waals surface area contributed by atoms with Gasteiger partial charge in [0.05, 0.1) is 29.1 Å². The monoisotopic (exact) mass is 435 g/mol. The van der Waals surface area contributed by atoms with Crippen LogP contribution in [0.5, 0.6) is 0 Å². The fourth-order valence-electron chi connectivity index (χ4n) is 2.39. The van der Waals surface area contributed by atoms with Crippen LogP contribution in [-0.2, 0) is 6.18 Å². The second-order valence-electron chi connectivity index (χ2n) is 5.90. The van der Waals surface area contributed by atoms with Gasteiger partial charge >= 0.3 is 6.18 Å². The molecule has 0 aliphatic heterocycles. The van der Waals surface area contributed by atoms with E-state index in [-0.39, 0.29) is 11.4 Å². The van der Waals surface area contributed by atoms with E-state index < -0.39 is 35.0 Å². The molecule has 11 heteroatoms. The van der Waals surface area contributed by atoms with Gasteiger partial charge in [0.1, 0.15) is 5.69 Å². The molecule has 2 aromatic carbocycles. The van der Waals surface area contributed by atoms with Crippen LogP contribution >= 0.6 is 11.6 Å². The topological polar surface area (TPSA) is 107 Å². The number of hydrazine groups is 1. The summed E-state index contributed by atoms with van der Waals surface area (Å²) in [6.07, 6.45) is -3.34. The number of benzene rings is 2. The number of amides is 1. The molecule has 0 aliphatic rings. The van der Waals surface area contributed by atoms with Gasteiger partial charge in [-0.15, -0.1) is 0 Å². The largest absolute Gasteiger partial charge is 0.543 e. The molecular formula is C19H11ClF3N4O3-. The van der Waals surface area contributed by atoms with Gasteiger partial charge < -0.3 is 9.90 Å². The van der Waals surface area contributed by atoms with Gasteiger partial charge in [-0.1, -0.05) is 23.7 Å². The Morgan fingerprint density at radius 2 is 1.60 bits per heavy atom. The number of hydrogen-bond acceptors (Lipinski definition) is 6. The van der Waals surface area contributed by atoms with E-state index >= 15 is 0 Å². The maximum absolute atomic E-state index is 12.6. The summed E-state index contributed by atoms with van der Waals surface area (Å²) in [7, 11) is 0. The first-order valence-corrected chi connectivity index (χ1v) is 8.61. The Kier molecular flexibility index (Phi) is 5.88. The van der Waals surface area contributed by atoms with Gasteiger partial charge in [-0.2, -0.15) is 13.2 Å². The zero-order chi connectivity index (χ0) is 21.9. The number of carbonyl (C=O) groups is 2. The highest BCUT2D eigenvalue weighted by Gasteiger charge is 2.30. The summed E-state index contributed by atoms with van der Waals surface area (Å²) < 4.78 is 37.8. The van der Waals surface area contributed by atoms with Crippen LogP contribution in [0.1, 0.15) is 26.5 Å². The average Bonchev–Trinajstić information content (AvgIpc) is 2.71. The molecule has 0 bridgehead atoms. The van der Waals surface area contributed by atoms with Crippen molar-refractivity contribution in [1.29, 1.82) is 0 Å². The van der Waals surface area contributed by atoms with Crippen LogP contribution in [0.2, 0.25) is 5.02 Å². The third-order valence-corrected chi connectivity index (χ3v) is 4.11. The Hall–Kier alpha value is -3.66. The van der Waals surface area contributed by atoms with Crippen LogP contribution < -0.4 is 16.0 Å². The smallest absolute Gasteiger partial charge is 0.416 e. The summed E-state index contributed by atoms with van der Waals surface area (Å²) in [6.45, 7) is 0. The molecule has 0 spiro atoms. The number of anilines is 1. The van der Waals surface area contributed by atoms with Crippen molar-refractivity contribution in [2.75, 3.05) is 5.43 Å². The van der Waals surface area contributed by atoms with Crippen LogP contribution in [0.3, 0.4) is 0 Å². The number of carbonyl (C=O) groups excluding carboxylic acids is 2. The quantitative estimate of drug-likeness (QED) is 0.597. The van der Waals surface area contributed by atoms with Gasteiger partial charge in [-0.25, -0.2) is 4.98 Å². The van der Waals surface area contributed by atoms with Gasteiger partial charge in [-0.05, 0) is 36.4 Å². The third kappa shape index (κ3) is 4.84. The third-order valence-electron chi connectivity index (χ3n) is 3.85. The van der Waals surface area contributed by atoms with E-state index in [9.17, 15) is 27.9 Å². The lowest BCUT2D eigenvalue weighted by Crippen LogP contribution is -2.34. The van der Waals surface area contributed by atoms with E-state index in [1.807, 2.05) is 0 Å². The van der Waals surface area contributed by atoms with Crippen LogP contribution in [0.25, 0.3) is 11.3 Å². The van der Waals surface area contributed by atoms with Gasteiger partial charge in [-0.3, -0.25) is 20.6 Å². The molecule has 2 N–H and O–H groups in total. The molecule has 0 saturated heterocycles. The number of alkyl halides is 3. The standard InChI is InChI=1S/C19H12ClF3N4O3/c20-12-5-1-10(2-6-12)14-9-24-16(18(29)30)15(25-14)17(28)27-26-13-7-3-11(4-8-13)19(21,22)23/h1-9,26H,(H,27,28)(H,29,30)/p-1. The molecular weight excluding hydrogens is 425 g/mol. The molecule has 0 saturated carbocycles. The lowest BCUT2D eigenvalue weighted by molar-refractivity contribution is -0.255. The maximum Gasteiger partial charge on any atom is 0.416 e. The summed E-state index contributed by atoms with van der Waals surface area (Å²) in [5.41, 5.74) is 3.33. The molecule has 7 nitrogen and oxygen atoms in total. The number of nitrogens with one attached hydrogen (secondary N) is 2. The van der Waals surface area contributed by atoms with Crippen LogP contribution in [-0.4, -0.2) is 21.8 Å². The molecule has 3 rings (SSSR count). The molecule has 154 valence electrons. The minimum atomic E-state index is -4.50. The molecule has 1 aromatic heterocycles. The lowest BCUT2D eigenvalue weighted by atomic mass is 10.1. The Labute approximate surface area is 172 Å². The van der Waals surface area contributed by atoms with Gasteiger partial charge in [0, 0.05) is 10.6 Å². The molecule has 0 unspecified atom stereocenters. The van der Waals surface area contributed by atoms with Crippen molar-refractivity contribution >= 4 is 29.2 Å². The predicted octanol–water partition coefficient (Wildman–Crippen LogP) is 2.94. The van der Waals surface area contributed by atoms with E-state index in [4.69, 9.17) is 11.6 Å². The second kappa shape index (κ2) is 8.37. The molecule has 3 aromatic rings. The number of rotatable bonds is 5. The molecule has 0 radical (unpaired) electrons. The Bertz CT molecular complexity index is 1090. The van der Waals surface area contributed by atoms with Crippen molar-refractivity contribution in [2.45, 2.75) is 6.18 Å². The van der Waals surface area contributed by atoms with Crippen molar-refractivity contribution in [3.63, 3.8) is 0 Å². The van der Waals surface area contributed by atoms with E-state index in [1.54, 1.807) is 24.3 Å². The zero-order valence-corrected chi connectivity index (χ0v) is 15.6. The number of aromatic nitrogens is 2. The van der Waals surface area contributed by atoms with Crippen molar-refractivity contribution in [3.05, 3.63) is 76.7 Å². The zero-order valence-electron chi connectivity index (χ0n) is 14.8. The molecule has 0 atom stereocenters. The number of aromatic carboxylic acids is 1. The van der Waals surface area contributed by atoms with E-state index in [1.165, 1.54) is 0 Å². The van der Waals surface area contributed by atoms with Crippen LogP contribution in [0.15, 0.2) is 54.7 Å². The lowest BCUT2D eigenvalue weighted by Gasteiger charge is -2.13. The van der Waals surface area contributed by atoms with Crippen LogP contribution in [0.4, 0.5) is 18.9 Å². The van der Waals surface area contributed by atoms with Crippen LogP contribution in [0, 0.1) is 0 Å². The Morgan fingerprint density at radius 1 is 0.967 bits per heavy atom. The highest BCUT2D eigenvalue weighted by molar-refractivity contribution is 6.30. The SMILES string of the molecule is O=C([O-])c1ncc(-c2ccc(Cl)cc2)nc1C(=O)NNc1ccc(C(F)(F)F)cc1. The maximum atomic E-state index is 12.6. The minimum Gasteiger partial charge on any atom is -0.543 e. The number of carboxylic acids is 1. The molecule has 1 amide bonds. The van der Waals surface area contributed by atoms with E-state index in [0.29, 0.717) is 10.6 Å². The molecule has 0 fully saturated rings. The molecule has 30 heavy (non-hydrogen) atoms. The van der Waals surface area contributed by atoms with E-state index in [2.05, 4.69) is 20.8 Å². The van der Waals surface area contributed by atoms with Gasteiger partial charge in [0.25, 0.3) is 5.91 Å². The van der Waals surface area contributed by atoms with Crippen molar-refractivity contribution in [1.82, 2.24) is 15.4 Å². The summed E-state index contributed by atoms with van der Waals surface area (Å²) in [5.74, 6) is -2.69. The Morgan fingerprint density at radius 3 is 2.17 bits per heavy atom. The first-order valence-electron chi connectivity index (χ1n) is 8.23. The van der Waals surface area contributed by atoms with Crippen molar-refractivity contribution in [3.8, 4) is 11.3 Å². The number of halogens is 4. The van der Waals surface area contributed by atoms with Gasteiger partial charge in [0.15, 0.2) is 5.69 Å². The Balaban J connectivity index is 1.82. The summed E-state index contributed by atoms with van der Waals surface area (Å²) >= 11 is 5.83. The minimum absolute atomic E-state index is 0.133. The van der Waals surface area contributed by atoms with Crippen molar-refractivity contribution < 1.29 is 27.9 Å². The summed E-state index contributed by atoms with van der Waals surface area (Å²) in [5, 5.41) is 11.8. The summed E-state index contributed by atoms with van der Waals surface area (Å²) in [4.78, 5) is 31.5. The fraction of sp³-hybridized carbons (Fsp3) is 0.0526. The second-order valence-corrected chi connectivity index (χ2v) is 6.34. The number of carboxylic acid groups (broad SMARTS) is 1. The fourth-order valence-corrected chi connectivity index (χ4v) is 2.51. The number of nitrogens with zero attached hydrogens (tertiary/aromatic N) is 2. The average molecular weight is 436 g/mol. The van der Waals surface area contributed by atoms with E-state index in [0.717, 1.165) is 30.5 Å². The highest BCUT2D eigenvalue weighted by Crippen LogP contribution is 2.29. The number of hydrogen-bond donors (Lipinski definition) is 2. The summed E-state index contributed by atoms with van der Waals surface area (Å²) in [6, 6.07) is 10.2. The molecule has 1 heterocycles. The molecule has 0 aliphatic carbocycles. The predicted molar refractivity (Wildman–Crippen MR) is 99.3 cm³/mol. The van der Waals surface area contributed by atoms with Crippen molar-refractivity contribution in [2.24, 2.45) is 0 Å². The first-order chi connectivity index (χ1) is 14.1. The first kappa shape index (κ1) is 21.1. The highest BCUT2D eigenvalue weighted by atomic mass is 35.5. The normalized spacial score (nSPS) is 11.1. The van der Waals surface area contributed by atoms with Gasteiger partial charge in [0.2, 0.25) is 0 Å².